The third kappa shape index (κ3) is 7.01. The highest BCUT2D eigenvalue weighted by atomic mass is 16.5. The van der Waals surface area contributed by atoms with Crippen LogP contribution in [0.15, 0.2) is 59.4 Å². The Labute approximate surface area is 88.6 Å². The van der Waals surface area contributed by atoms with Crippen molar-refractivity contribution in [3.8, 4) is 0 Å². The van der Waals surface area contributed by atoms with Gasteiger partial charge in [-0.1, -0.05) is 0 Å². The number of aliphatic imine (C=N–C) groups is 2. The second kappa shape index (κ2) is 8.50. The molecular formula is C11H12N2O2. The van der Waals surface area contributed by atoms with Gasteiger partial charge in [-0.15, -0.1) is 0 Å². The van der Waals surface area contributed by atoms with Crippen molar-refractivity contribution < 1.29 is 9.47 Å². The molecule has 0 spiro atoms. The van der Waals surface area contributed by atoms with Gasteiger partial charge in [-0.3, -0.25) is 9.98 Å². The fraction of sp³-hybridized carbons (Fsp3) is 0.0909. The van der Waals surface area contributed by atoms with E-state index in [1.54, 1.807) is 43.1 Å². The molecule has 0 saturated heterocycles. The molecule has 0 aliphatic carbocycles. The minimum Gasteiger partial charge on any atom is -0.494 e. The second-order valence-corrected chi connectivity index (χ2v) is 2.39. The Hall–Kier alpha value is -2.10. The summed E-state index contributed by atoms with van der Waals surface area (Å²) in [6.07, 6.45) is 16.1. The molecule has 0 bridgehead atoms. The maximum Gasteiger partial charge on any atom is 0.125 e. The third-order valence-corrected chi connectivity index (χ3v) is 1.29. The van der Waals surface area contributed by atoms with Gasteiger partial charge >= 0.3 is 0 Å². The van der Waals surface area contributed by atoms with Crippen LogP contribution in [0, 0.1) is 0 Å². The summed E-state index contributed by atoms with van der Waals surface area (Å²) in [7, 11) is 0. The molecular weight excluding hydrogens is 192 g/mol. The molecule has 0 fully saturated rings. The summed E-state index contributed by atoms with van der Waals surface area (Å²) < 4.78 is 10.0. The zero-order chi connectivity index (χ0) is 10.6. The Balaban J connectivity index is 2.51. The summed E-state index contributed by atoms with van der Waals surface area (Å²) in [6, 6.07) is 0. The van der Waals surface area contributed by atoms with Crippen LogP contribution in [0.5, 0.6) is 0 Å². The first-order valence-corrected chi connectivity index (χ1v) is 4.44. The molecule has 15 heavy (non-hydrogen) atoms. The molecule has 4 heteroatoms. The van der Waals surface area contributed by atoms with Gasteiger partial charge in [0, 0.05) is 24.8 Å². The fourth-order valence-corrected chi connectivity index (χ4v) is 0.699. The van der Waals surface area contributed by atoms with Gasteiger partial charge in [-0.2, -0.15) is 0 Å². The Morgan fingerprint density at radius 1 is 0.867 bits per heavy atom. The summed E-state index contributed by atoms with van der Waals surface area (Å²) >= 11 is 0. The first kappa shape index (κ1) is 11.0. The molecule has 0 atom stereocenters. The standard InChI is InChI=1S/C11H12N2O2/c1-4-12-6-2-8-14-10-11-15-9-3-7-13-5-1/h1-8,10-11H,9H2/b4-1-,7-3+,8-2?,11-10-,12-6?,13-5+. The summed E-state index contributed by atoms with van der Waals surface area (Å²) in [5.41, 5.74) is 0. The zero-order valence-corrected chi connectivity index (χ0v) is 8.19. The van der Waals surface area contributed by atoms with Gasteiger partial charge in [0.1, 0.15) is 19.1 Å². The molecule has 4 nitrogen and oxygen atoms in total. The first-order valence-electron chi connectivity index (χ1n) is 4.44. The lowest BCUT2D eigenvalue weighted by Crippen LogP contribution is -1.80. The predicted molar refractivity (Wildman–Crippen MR) is 60.6 cm³/mol. The summed E-state index contributed by atoms with van der Waals surface area (Å²) in [6.45, 7) is 0.459. The maximum atomic E-state index is 5.06. The van der Waals surface area contributed by atoms with Gasteiger partial charge in [0.15, 0.2) is 0 Å². The molecule has 0 aromatic rings. The Morgan fingerprint density at radius 3 is 2.73 bits per heavy atom. The van der Waals surface area contributed by atoms with E-state index in [0.29, 0.717) is 6.61 Å². The number of nitrogens with zero attached hydrogens (tertiary/aromatic N) is 2. The topological polar surface area (TPSA) is 43.2 Å². The van der Waals surface area contributed by atoms with Crippen LogP contribution in [0.1, 0.15) is 0 Å². The van der Waals surface area contributed by atoms with E-state index in [2.05, 4.69) is 9.98 Å². The van der Waals surface area contributed by atoms with Gasteiger partial charge in [-0.25, -0.2) is 0 Å². The zero-order valence-electron chi connectivity index (χ0n) is 8.19. The molecule has 0 N–H and O–H groups in total. The normalized spacial score (nSPS) is 25.1. The van der Waals surface area contributed by atoms with E-state index in [9.17, 15) is 0 Å². The van der Waals surface area contributed by atoms with E-state index in [-0.39, 0.29) is 0 Å². The lowest BCUT2D eigenvalue weighted by molar-refractivity contribution is 0.269. The van der Waals surface area contributed by atoms with Gasteiger partial charge in [0.05, 0.1) is 6.26 Å². The van der Waals surface area contributed by atoms with Crippen LogP contribution < -0.4 is 0 Å². The van der Waals surface area contributed by atoms with Gasteiger partial charge in [-0.05, 0) is 18.2 Å². The Morgan fingerprint density at radius 2 is 1.73 bits per heavy atom. The SMILES string of the molecule is C1=CO/C=C\OC/C=C/N=C/C=C\N=C1. The molecule has 1 heterocycles. The van der Waals surface area contributed by atoms with Gasteiger partial charge in [0.2, 0.25) is 0 Å². The Kier molecular flexibility index (Phi) is 6.22. The Bertz CT molecular complexity index is 325. The fourth-order valence-electron chi connectivity index (χ4n) is 0.699. The minimum absolute atomic E-state index is 0.459. The molecule has 0 radical (unpaired) electrons. The highest BCUT2D eigenvalue weighted by molar-refractivity contribution is 5.74. The van der Waals surface area contributed by atoms with Crippen LogP contribution in [-0.2, 0) is 9.47 Å². The van der Waals surface area contributed by atoms with Crippen molar-refractivity contribution in [2.45, 2.75) is 0 Å². The van der Waals surface area contributed by atoms with Crippen LogP contribution in [0.25, 0.3) is 0 Å². The number of hydrogen-bond donors (Lipinski definition) is 0. The van der Waals surface area contributed by atoms with E-state index in [4.69, 9.17) is 9.47 Å². The van der Waals surface area contributed by atoms with Crippen molar-refractivity contribution >= 4 is 12.4 Å². The largest absolute Gasteiger partial charge is 0.494 e. The highest BCUT2D eigenvalue weighted by Gasteiger charge is 1.74. The van der Waals surface area contributed by atoms with Gasteiger partial charge in [0.25, 0.3) is 0 Å². The second-order valence-electron chi connectivity index (χ2n) is 2.39. The average Bonchev–Trinajstić information content (AvgIpc) is 2.27. The van der Waals surface area contributed by atoms with Crippen LogP contribution in [-0.4, -0.2) is 19.0 Å². The van der Waals surface area contributed by atoms with Crippen molar-refractivity contribution in [2.75, 3.05) is 6.61 Å². The molecule has 1 aliphatic heterocycles. The number of rotatable bonds is 0. The quantitative estimate of drug-likeness (QED) is 0.607. The van der Waals surface area contributed by atoms with E-state index in [1.807, 2.05) is 0 Å². The highest BCUT2D eigenvalue weighted by Crippen LogP contribution is 1.85. The molecule has 78 valence electrons. The molecule has 0 amide bonds. The molecule has 1 rings (SSSR count). The molecule has 0 unspecified atom stereocenters. The van der Waals surface area contributed by atoms with Gasteiger partial charge < -0.3 is 9.47 Å². The number of allylic oxidation sites excluding steroid dienone is 2. The minimum atomic E-state index is 0.459. The van der Waals surface area contributed by atoms with Crippen molar-refractivity contribution in [3.63, 3.8) is 0 Å². The monoisotopic (exact) mass is 204 g/mol. The third-order valence-electron chi connectivity index (χ3n) is 1.29. The summed E-state index contributed by atoms with van der Waals surface area (Å²) in [5, 5.41) is 0. The average molecular weight is 204 g/mol. The lowest BCUT2D eigenvalue weighted by atomic mass is 10.6. The van der Waals surface area contributed by atoms with E-state index < -0.39 is 0 Å². The first-order chi connectivity index (χ1) is 7.50. The smallest absolute Gasteiger partial charge is 0.125 e. The van der Waals surface area contributed by atoms with E-state index in [0.717, 1.165) is 0 Å². The summed E-state index contributed by atoms with van der Waals surface area (Å²) in [5.74, 6) is 0. The van der Waals surface area contributed by atoms with Crippen molar-refractivity contribution in [3.05, 3.63) is 49.4 Å². The van der Waals surface area contributed by atoms with Crippen LogP contribution >= 0.6 is 0 Å². The van der Waals surface area contributed by atoms with E-state index in [1.165, 1.54) is 18.8 Å². The number of hydrogen-bond acceptors (Lipinski definition) is 4. The predicted octanol–water partition coefficient (Wildman–Crippen LogP) is 2.19. The van der Waals surface area contributed by atoms with Crippen LogP contribution in [0.4, 0.5) is 0 Å². The van der Waals surface area contributed by atoms with Crippen LogP contribution in [0.3, 0.4) is 0 Å². The molecule has 0 saturated carbocycles. The maximum absolute atomic E-state index is 5.06. The van der Waals surface area contributed by atoms with Crippen molar-refractivity contribution in [2.24, 2.45) is 9.98 Å². The number of ether oxygens (including phenoxy) is 2. The molecule has 0 aromatic heterocycles. The van der Waals surface area contributed by atoms with E-state index >= 15 is 0 Å². The lowest BCUT2D eigenvalue weighted by Gasteiger charge is -1.92. The van der Waals surface area contributed by atoms with Crippen molar-refractivity contribution in [1.82, 2.24) is 0 Å². The molecule has 1 aliphatic rings. The molecule has 0 aromatic carbocycles. The van der Waals surface area contributed by atoms with Crippen molar-refractivity contribution in [1.29, 1.82) is 0 Å². The van der Waals surface area contributed by atoms with Crippen LogP contribution in [0.2, 0.25) is 0 Å². The summed E-state index contributed by atoms with van der Waals surface area (Å²) in [4.78, 5) is 7.90.